The fourth-order valence-corrected chi connectivity index (χ4v) is 2.66. The number of anilines is 1. The molecule has 0 atom stereocenters. The number of benzene rings is 1. The molecule has 5 heteroatoms. The van der Waals surface area contributed by atoms with Gasteiger partial charge >= 0.3 is 0 Å². The van der Waals surface area contributed by atoms with Gasteiger partial charge in [-0.25, -0.2) is 0 Å². The van der Waals surface area contributed by atoms with Gasteiger partial charge in [-0.1, -0.05) is 0 Å². The van der Waals surface area contributed by atoms with E-state index in [1.165, 1.54) is 5.56 Å². The molecule has 116 valence electrons. The zero-order chi connectivity index (χ0) is 14.7. The number of fused-ring (bicyclic) bond motifs is 1. The highest BCUT2D eigenvalue weighted by atomic mass is 35.5. The number of rotatable bonds is 4. The molecule has 4 nitrogen and oxygen atoms in total. The van der Waals surface area contributed by atoms with E-state index in [1.54, 1.807) is 12.4 Å². The molecule has 0 radical (unpaired) electrons. The monoisotopic (exact) mass is 317 g/mol. The van der Waals surface area contributed by atoms with E-state index >= 15 is 0 Å². The number of halogens is 1. The summed E-state index contributed by atoms with van der Waals surface area (Å²) < 4.78 is 0. The first-order valence-corrected chi connectivity index (χ1v) is 7.33. The third-order valence-electron chi connectivity index (χ3n) is 3.85. The van der Waals surface area contributed by atoms with Gasteiger partial charge in [-0.05, 0) is 54.8 Å². The lowest BCUT2D eigenvalue weighted by molar-refractivity contribution is 0.0752. The second kappa shape index (κ2) is 7.27. The standard InChI is InChI=1S/C17H19N3O.ClH/c1-2-20(12-13-5-8-18-9-6-13)17(21)15-3-4-16-14(11-15)7-10-19-16;/h3-6,8-9,11,19H,2,7,10,12H2,1H3;1H. The van der Waals surface area contributed by atoms with Gasteiger partial charge in [-0.2, -0.15) is 0 Å². The van der Waals surface area contributed by atoms with E-state index in [2.05, 4.69) is 10.3 Å². The number of carbonyl (C=O) groups excluding carboxylic acids is 1. The molecule has 1 aliphatic heterocycles. The lowest BCUT2D eigenvalue weighted by Gasteiger charge is -2.21. The number of carbonyl (C=O) groups is 1. The van der Waals surface area contributed by atoms with E-state index in [9.17, 15) is 4.79 Å². The van der Waals surface area contributed by atoms with E-state index in [1.807, 2.05) is 42.2 Å². The van der Waals surface area contributed by atoms with E-state index in [0.29, 0.717) is 13.1 Å². The quantitative estimate of drug-likeness (QED) is 0.942. The van der Waals surface area contributed by atoms with Crippen LogP contribution in [0.3, 0.4) is 0 Å². The molecule has 1 aromatic heterocycles. The predicted molar refractivity (Wildman–Crippen MR) is 90.5 cm³/mol. The summed E-state index contributed by atoms with van der Waals surface area (Å²) in [5.74, 6) is 0.0870. The summed E-state index contributed by atoms with van der Waals surface area (Å²) in [6, 6.07) is 9.84. The summed E-state index contributed by atoms with van der Waals surface area (Å²) in [7, 11) is 0. The van der Waals surface area contributed by atoms with Crippen LogP contribution in [-0.2, 0) is 13.0 Å². The van der Waals surface area contributed by atoms with Crippen molar-refractivity contribution in [3.63, 3.8) is 0 Å². The summed E-state index contributed by atoms with van der Waals surface area (Å²) in [6.45, 7) is 4.28. The first kappa shape index (κ1) is 16.3. The van der Waals surface area contributed by atoms with E-state index in [0.717, 1.165) is 29.8 Å². The molecule has 1 aliphatic rings. The molecule has 3 rings (SSSR count). The summed E-state index contributed by atoms with van der Waals surface area (Å²) in [6.07, 6.45) is 4.51. The molecule has 0 spiro atoms. The average Bonchev–Trinajstić information content (AvgIpc) is 3.00. The van der Waals surface area contributed by atoms with Crippen LogP contribution in [0, 0.1) is 0 Å². The normalized spacial score (nSPS) is 12.0. The highest BCUT2D eigenvalue weighted by Crippen LogP contribution is 2.23. The maximum Gasteiger partial charge on any atom is 0.254 e. The number of nitrogens with zero attached hydrogens (tertiary/aromatic N) is 2. The van der Waals surface area contributed by atoms with E-state index in [4.69, 9.17) is 0 Å². The fourth-order valence-electron chi connectivity index (χ4n) is 2.66. The van der Waals surface area contributed by atoms with Crippen molar-refractivity contribution in [3.8, 4) is 0 Å². The van der Waals surface area contributed by atoms with E-state index in [-0.39, 0.29) is 18.3 Å². The Morgan fingerprint density at radius 2 is 2.05 bits per heavy atom. The van der Waals surface area contributed by atoms with Crippen molar-refractivity contribution in [3.05, 3.63) is 59.4 Å². The third kappa shape index (κ3) is 3.39. The van der Waals surface area contributed by atoms with Crippen molar-refractivity contribution in [1.29, 1.82) is 0 Å². The minimum Gasteiger partial charge on any atom is -0.384 e. The molecule has 0 bridgehead atoms. The minimum atomic E-state index is 0. The molecule has 0 saturated carbocycles. The number of aromatic nitrogens is 1. The number of pyridine rings is 1. The van der Waals surface area contributed by atoms with Gasteiger partial charge in [0.1, 0.15) is 0 Å². The van der Waals surface area contributed by atoms with Crippen LogP contribution in [-0.4, -0.2) is 28.9 Å². The Labute approximate surface area is 137 Å². The molecule has 1 aromatic carbocycles. The first-order valence-electron chi connectivity index (χ1n) is 7.33. The molecule has 0 unspecified atom stereocenters. The summed E-state index contributed by atoms with van der Waals surface area (Å²) in [5, 5.41) is 3.32. The molecule has 0 saturated heterocycles. The zero-order valence-corrected chi connectivity index (χ0v) is 13.4. The second-order valence-corrected chi connectivity index (χ2v) is 5.22. The maximum absolute atomic E-state index is 12.7. The summed E-state index contributed by atoms with van der Waals surface area (Å²) >= 11 is 0. The Hall–Kier alpha value is -2.07. The number of amides is 1. The SMILES string of the molecule is CCN(Cc1ccncc1)C(=O)c1ccc2c(c1)CCN2.Cl. The van der Waals surface area contributed by atoms with E-state index < -0.39 is 0 Å². The van der Waals surface area contributed by atoms with Gasteiger partial charge in [0.05, 0.1) is 0 Å². The number of hydrogen-bond donors (Lipinski definition) is 1. The Bertz CT molecular complexity index is 646. The molecule has 2 aromatic rings. The van der Waals surface area contributed by atoms with Crippen LogP contribution in [0.4, 0.5) is 5.69 Å². The Kier molecular flexibility index (Phi) is 5.39. The highest BCUT2D eigenvalue weighted by molar-refractivity contribution is 5.95. The Morgan fingerprint density at radius 1 is 1.27 bits per heavy atom. The van der Waals surface area contributed by atoms with Crippen molar-refractivity contribution in [2.45, 2.75) is 19.9 Å². The van der Waals surface area contributed by atoms with Crippen LogP contribution >= 0.6 is 12.4 Å². The minimum absolute atomic E-state index is 0. The first-order chi connectivity index (χ1) is 10.3. The van der Waals surface area contributed by atoms with Crippen LogP contribution in [0.2, 0.25) is 0 Å². The predicted octanol–water partition coefficient (Wildman–Crippen LogP) is 3.13. The zero-order valence-electron chi connectivity index (χ0n) is 12.6. The van der Waals surface area contributed by atoms with Crippen LogP contribution in [0.15, 0.2) is 42.7 Å². The molecule has 1 N–H and O–H groups in total. The molecule has 2 heterocycles. The molecule has 1 amide bonds. The van der Waals surface area contributed by atoms with Crippen LogP contribution in [0.1, 0.15) is 28.4 Å². The van der Waals surface area contributed by atoms with Crippen LogP contribution < -0.4 is 5.32 Å². The van der Waals surface area contributed by atoms with Crippen molar-refractivity contribution in [2.75, 3.05) is 18.4 Å². The second-order valence-electron chi connectivity index (χ2n) is 5.22. The lowest BCUT2D eigenvalue weighted by atomic mass is 10.1. The molecule has 22 heavy (non-hydrogen) atoms. The Morgan fingerprint density at radius 3 is 2.77 bits per heavy atom. The van der Waals surface area contributed by atoms with Gasteiger partial charge in [0.15, 0.2) is 0 Å². The topological polar surface area (TPSA) is 45.2 Å². The van der Waals surface area contributed by atoms with Crippen LogP contribution in [0.5, 0.6) is 0 Å². The smallest absolute Gasteiger partial charge is 0.254 e. The van der Waals surface area contributed by atoms with Gasteiger partial charge in [-0.15, -0.1) is 12.4 Å². The van der Waals surface area contributed by atoms with Gasteiger partial charge < -0.3 is 10.2 Å². The lowest BCUT2D eigenvalue weighted by Crippen LogP contribution is -2.30. The maximum atomic E-state index is 12.7. The molecule has 0 fully saturated rings. The number of hydrogen-bond acceptors (Lipinski definition) is 3. The van der Waals surface area contributed by atoms with Gasteiger partial charge in [0, 0.05) is 43.3 Å². The average molecular weight is 318 g/mol. The van der Waals surface area contributed by atoms with Crippen LogP contribution in [0.25, 0.3) is 0 Å². The van der Waals surface area contributed by atoms with Gasteiger partial charge in [0.2, 0.25) is 0 Å². The van der Waals surface area contributed by atoms with Crippen molar-refractivity contribution >= 4 is 24.0 Å². The van der Waals surface area contributed by atoms with Crippen molar-refractivity contribution in [2.24, 2.45) is 0 Å². The van der Waals surface area contributed by atoms with Crippen molar-refractivity contribution in [1.82, 2.24) is 9.88 Å². The summed E-state index contributed by atoms with van der Waals surface area (Å²) in [5.41, 5.74) is 4.26. The summed E-state index contributed by atoms with van der Waals surface area (Å²) in [4.78, 5) is 18.5. The fraction of sp³-hybridized carbons (Fsp3) is 0.294. The highest BCUT2D eigenvalue weighted by Gasteiger charge is 2.17. The molecular weight excluding hydrogens is 298 g/mol. The largest absolute Gasteiger partial charge is 0.384 e. The van der Waals surface area contributed by atoms with Gasteiger partial charge in [-0.3, -0.25) is 9.78 Å². The third-order valence-corrected chi connectivity index (χ3v) is 3.85. The molecular formula is C17H20ClN3O. The van der Waals surface area contributed by atoms with Crippen molar-refractivity contribution < 1.29 is 4.79 Å². The molecule has 0 aliphatic carbocycles. The number of nitrogens with one attached hydrogen (secondary N) is 1. The Balaban J connectivity index is 0.00000176. The van der Waals surface area contributed by atoms with Gasteiger partial charge in [0.25, 0.3) is 5.91 Å².